The summed E-state index contributed by atoms with van der Waals surface area (Å²) in [6.45, 7) is 0.918. The molecule has 1 aromatic carbocycles. The summed E-state index contributed by atoms with van der Waals surface area (Å²) in [5.74, 6) is 1.34. The molecule has 2 aromatic rings. The monoisotopic (exact) mass is 223 g/mol. The van der Waals surface area contributed by atoms with Gasteiger partial charge in [0.05, 0.1) is 11.8 Å². The van der Waals surface area contributed by atoms with Crippen LogP contribution in [0.1, 0.15) is 23.5 Å². The molecule has 3 nitrogen and oxygen atoms in total. The van der Waals surface area contributed by atoms with E-state index in [1.54, 1.807) is 6.20 Å². The zero-order valence-corrected chi connectivity index (χ0v) is 9.45. The van der Waals surface area contributed by atoms with E-state index < -0.39 is 0 Å². The van der Waals surface area contributed by atoms with E-state index in [2.05, 4.69) is 35.4 Å². The van der Waals surface area contributed by atoms with Gasteiger partial charge in [-0.15, -0.1) is 0 Å². The van der Waals surface area contributed by atoms with Crippen LogP contribution >= 0.6 is 0 Å². The summed E-state index contributed by atoms with van der Waals surface area (Å²) < 4.78 is 1.88. The summed E-state index contributed by atoms with van der Waals surface area (Å²) in [5, 5.41) is 12.9. The molecule has 0 saturated heterocycles. The number of hydrogen-bond donors (Lipinski definition) is 0. The average Bonchev–Trinajstić information content (AvgIpc) is 2.98. The van der Waals surface area contributed by atoms with E-state index in [9.17, 15) is 0 Å². The molecule has 84 valence electrons. The third-order valence-corrected chi connectivity index (χ3v) is 3.33. The molecule has 0 amide bonds. The van der Waals surface area contributed by atoms with Crippen LogP contribution in [0.25, 0.3) is 0 Å². The van der Waals surface area contributed by atoms with Gasteiger partial charge >= 0.3 is 0 Å². The predicted octanol–water partition coefficient (Wildman–Crippen LogP) is 2.56. The minimum Gasteiger partial charge on any atom is -0.271 e. The minimum absolute atomic E-state index is 0.641. The van der Waals surface area contributed by atoms with Crippen LogP contribution in [0.3, 0.4) is 0 Å². The number of benzene rings is 1. The minimum atomic E-state index is 0.641. The number of nitriles is 1. The van der Waals surface area contributed by atoms with E-state index in [0.29, 0.717) is 17.4 Å². The standard InChI is InChI=1S/C14H13N3/c15-7-11-8-16-17(9-11)10-13-6-14(13)12-4-2-1-3-5-12/h1-5,8-9,13-14H,6,10H2. The molecule has 0 spiro atoms. The van der Waals surface area contributed by atoms with Crippen molar-refractivity contribution in [3.8, 4) is 6.07 Å². The van der Waals surface area contributed by atoms with Crippen molar-refractivity contribution in [1.29, 1.82) is 5.26 Å². The van der Waals surface area contributed by atoms with Gasteiger partial charge in [-0.25, -0.2) is 0 Å². The van der Waals surface area contributed by atoms with Crippen molar-refractivity contribution in [2.45, 2.75) is 18.9 Å². The molecule has 3 heteroatoms. The van der Waals surface area contributed by atoms with Gasteiger partial charge in [-0.2, -0.15) is 10.4 Å². The summed E-state index contributed by atoms with van der Waals surface area (Å²) in [5.41, 5.74) is 2.06. The fourth-order valence-corrected chi connectivity index (χ4v) is 2.32. The highest BCUT2D eigenvalue weighted by molar-refractivity contribution is 5.26. The Labute approximate surface area is 100 Å². The normalized spacial score (nSPS) is 22.1. The quantitative estimate of drug-likeness (QED) is 0.802. The molecule has 3 rings (SSSR count). The van der Waals surface area contributed by atoms with Crippen molar-refractivity contribution in [3.05, 3.63) is 53.9 Å². The SMILES string of the molecule is N#Cc1cnn(CC2CC2c2ccccc2)c1. The van der Waals surface area contributed by atoms with Crippen LogP contribution in [0.15, 0.2) is 42.7 Å². The highest BCUT2D eigenvalue weighted by Gasteiger charge is 2.38. The van der Waals surface area contributed by atoms with Crippen LogP contribution in [0.2, 0.25) is 0 Å². The number of hydrogen-bond acceptors (Lipinski definition) is 2. The van der Waals surface area contributed by atoms with Crippen molar-refractivity contribution in [2.75, 3.05) is 0 Å². The maximum Gasteiger partial charge on any atom is 0.102 e. The van der Waals surface area contributed by atoms with E-state index >= 15 is 0 Å². The first-order valence-electron chi connectivity index (χ1n) is 5.84. The molecule has 1 saturated carbocycles. The molecule has 1 fully saturated rings. The summed E-state index contributed by atoms with van der Waals surface area (Å²) in [6.07, 6.45) is 4.67. The van der Waals surface area contributed by atoms with E-state index in [1.807, 2.05) is 16.9 Å². The zero-order chi connectivity index (χ0) is 11.7. The lowest BCUT2D eigenvalue weighted by Gasteiger charge is -2.01. The zero-order valence-electron chi connectivity index (χ0n) is 9.45. The van der Waals surface area contributed by atoms with Gasteiger partial charge in [0, 0.05) is 12.7 Å². The molecule has 1 aromatic heterocycles. The molecule has 0 N–H and O–H groups in total. The van der Waals surface area contributed by atoms with Crippen LogP contribution in [-0.2, 0) is 6.54 Å². The van der Waals surface area contributed by atoms with Crippen LogP contribution < -0.4 is 0 Å². The first-order valence-corrected chi connectivity index (χ1v) is 5.84. The Balaban J connectivity index is 1.65. The Morgan fingerprint density at radius 2 is 2.18 bits per heavy atom. The van der Waals surface area contributed by atoms with Crippen LogP contribution in [-0.4, -0.2) is 9.78 Å². The van der Waals surface area contributed by atoms with Gasteiger partial charge in [-0.3, -0.25) is 4.68 Å². The van der Waals surface area contributed by atoms with Crippen molar-refractivity contribution in [1.82, 2.24) is 9.78 Å². The second kappa shape index (κ2) is 4.06. The molecular formula is C14H13N3. The molecule has 0 aliphatic heterocycles. The second-order valence-corrected chi connectivity index (χ2v) is 4.58. The molecular weight excluding hydrogens is 210 g/mol. The fourth-order valence-electron chi connectivity index (χ4n) is 2.32. The van der Waals surface area contributed by atoms with E-state index in [0.717, 1.165) is 6.54 Å². The molecule has 1 heterocycles. The highest BCUT2D eigenvalue weighted by Crippen LogP contribution is 2.48. The van der Waals surface area contributed by atoms with Crippen molar-refractivity contribution in [2.24, 2.45) is 5.92 Å². The summed E-state index contributed by atoms with van der Waals surface area (Å²) >= 11 is 0. The molecule has 2 unspecified atom stereocenters. The first kappa shape index (κ1) is 10.1. The van der Waals surface area contributed by atoms with Crippen molar-refractivity contribution < 1.29 is 0 Å². The Morgan fingerprint density at radius 1 is 1.35 bits per heavy atom. The van der Waals surface area contributed by atoms with Crippen LogP contribution in [0, 0.1) is 17.2 Å². The van der Waals surface area contributed by atoms with Gasteiger partial charge in [0.1, 0.15) is 6.07 Å². The Bertz CT molecular complexity index is 550. The lowest BCUT2D eigenvalue weighted by atomic mass is 10.1. The second-order valence-electron chi connectivity index (χ2n) is 4.58. The predicted molar refractivity (Wildman–Crippen MR) is 64.2 cm³/mol. The van der Waals surface area contributed by atoms with E-state index in [1.165, 1.54) is 12.0 Å². The van der Waals surface area contributed by atoms with Crippen LogP contribution in [0.5, 0.6) is 0 Å². The first-order chi connectivity index (χ1) is 8.36. The highest BCUT2D eigenvalue weighted by atomic mass is 15.3. The van der Waals surface area contributed by atoms with E-state index in [4.69, 9.17) is 5.26 Å². The molecule has 1 aliphatic carbocycles. The fraction of sp³-hybridized carbons (Fsp3) is 0.286. The average molecular weight is 223 g/mol. The van der Waals surface area contributed by atoms with Gasteiger partial charge in [0.15, 0.2) is 0 Å². The maximum atomic E-state index is 8.73. The summed E-state index contributed by atoms with van der Waals surface area (Å²) in [6, 6.07) is 12.7. The Hall–Kier alpha value is -2.08. The maximum absolute atomic E-state index is 8.73. The number of aromatic nitrogens is 2. The number of rotatable bonds is 3. The third-order valence-electron chi connectivity index (χ3n) is 3.33. The molecule has 1 aliphatic rings. The topological polar surface area (TPSA) is 41.6 Å². The van der Waals surface area contributed by atoms with Crippen molar-refractivity contribution in [3.63, 3.8) is 0 Å². The lowest BCUT2D eigenvalue weighted by molar-refractivity contribution is 0.553. The molecule has 0 bridgehead atoms. The van der Waals surface area contributed by atoms with Gasteiger partial charge < -0.3 is 0 Å². The lowest BCUT2D eigenvalue weighted by Crippen LogP contribution is -2.01. The van der Waals surface area contributed by atoms with E-state index in [-0.39, 0.29) is 0 Å². The smallest absolute Gasteiger partial charge is 0.102 e. The third kappa shape index (κ3) is 2.07. The molecule has 0 radical (unpaired) electrons. The largest absolute Gasteiger partial charge is 0.271 e. The van der Waals surface area contributed by atoms with Gasteiger partial charge in [-0.05, 0) is 23.8 Å². The van der Waals surface area contributed by atoms with Gasteiger partial charge in [0.25, 0.3) is 0 Å². The Kier molecular flexibility index (Phi) is 2.41. The van der Waals surface area contributed by atoms with Crippen LogP contribution in [0.4, 0.5) is 0 Å². The summed E-state index contributed by atoms with van der Waals surface area (Å²) in [4.78, 5) is 0. The van der Waals surface area contributed by atoms with Gasteiger partial charge in [-0.1, -0.05) is 30.3 Å². The number of nitrogens with zero attached hydrogens (tertiary/aromatic N) is 3. The van der Waals surface area contributed by atoms with Gasteiger partial charge in [0.2, 0.25) is 0 Å². The molecule has 2 atom stereocenters. The summed E-state index contributed by atoms with van der Waals surface area (Å²) in [7, 11) is 0. The Morgan fingerprint density at radius 3 is 2.88 bits per heavy atom. The molecule has 17 heavy (non-hydrogen) atoms. The van der Waals surface area contributed by atoms with Crippen molar-refractivity contribution >= 4 is 0 Å².